The third-order valence-corrected chi connectivity index (χ3v) is 2.88. The van der Waals surface area contributed by atoms with Gasteiger partial charge in [0.2, 0.25) is 0 Å². The first-order valence-corrected chi connectivity index (χ1v) is 5.24. The molecule has 1 unspecified atom stereocenters. The Labute approximate surface area is 94.1 Å². The molecule has 2 aliphatic rings. The van der Waals surface area contributed by atoms with Crippen LogP contribution >= 0.6 is 15.9 Å². The summed E-state index contributed by atoms with van der Waals surface area (Å²) in [6.07, 6.45) is 0. The highest BCUT2D eigenvalue weighted by molar-refractivity contribution is 9.10. The zero-order chi connectivity index (χ0) is 10.4. The van der Waals surface area contributed by atoms with E-state index in [4.69, 9.17) is 0 Å². The maximum absolute atomic E-state index is 11.0. The van der Waals surface area contributed by atoms with E-state index in [1.54, 1.807) is 0 Å². The number of hydrogen-bond acceptors (Lipinski definition) is 3. The lowest BCUT2D eigenvalue weighted by Gasteiger charge is -2.23. The smallest absolute Gasteiger partial charge is 0.293 e. The Morgan fingerprint density at radius 2 is 2.27 bits per heavy atom. The van der Waals surface area contributed by atoms with Crippen molar-refractivity contribution >= 4 is 33.5 Å². The van der Waals surface area contributed by atoms with Crippen LogP contribution in [-0.4, -0.2) is 11.9 Å². The number of aliphatic imine (C=N–C) groups is 1. The molecule has 1 atom stereocenters. The van der Waals surface area contributed by atoms with Gasteiger partial charge in [-0.25, -0.2) is 15.2 Å². The summed E-state index contributed by atoms with van der Waals surface area (Å²) in [5.41, 5.74) is 7.35. The van der Waals surface area contributed by atoms with Gasteiger partial charge in [0, 0.05) is 10.0 Å². The molecule has 0 spiro atoms. The Morgan fingerprint density at radius 3 is 3.13 bits per heavy atom. The number of carbonyl (C=O) groups is 1. The lowest BCUT2D eigenvalue weighted by Crippen LogP contribution is -2.57. The molecule has 2 aliphatic heterocycles. The fourth-order valence-electron chi connectivity index (χ4n) is 1.73. The van der Waals surface area contributed by atoms with Crippen LogP contribution in [0.2, 0.25) is 0 Å². The van der Waals surface area contributed by atoms with Crippen LogP contribution in [0.4, 0.5) is 10.5 Å². The fraction of sp³-hybridized carbons (Fsp3) is 0.111. The molecule has 1 aromatic rings. The molecule has 0 bridgehead atoms. The Balaban J connectivity index is 2.06. The van der Waals surface area contributed by atoms with Gasteiger partial charge < -0.3 is 0 Å². The van der Waals surface area contributed by atoms with Crippen LogP contribution in [0.25, 0.3) is 0 Å². The molecule has 6 heteroatoms. The molecular formula is C9H7BrN4O. The Bertz CT molecular complexity index is 485. The maximum atomic E-state index is 11.0. The molecule has 0 aromatic heterocycles. The van der Waals surface area contributed by atoms with Crippen molar-refractivity contribution in [2.24, 2.45) is 4.99 Å². The van der Waals surface area contributed by atoms with Crippen molar-refractivity contribution in [1.29, 1.82) is 0 Å². The van der Waals surface area contributed by atoms with E-state index in [9.17, 15) is 4.79 Å². The van der Waals surface area contributed by atoms with E-state index < -0.39 is 0 Å². The molecule has 0 aliphatic carbocycles. The zero-order valence-electron chi connectivity index (χ0n) is 7.54. The van der Waals surface area contributed by atoms with Crippen LogP contribution in [-0.2, 0) is 0 Å². The van der Waals surface area contributed by atoms with Gasteiger partial charge in [0.25, 0.3) is 0 Å². The fourth-order valence-corrected chi connectivity index (χ4v) is 2.11. The molecule has 1 saturated heterocycles. The van der Waals surface area contributed by atoms with Gasteiger partial charge in [0.1, 0.15) is 11.9 Å². The first kappa shape index (κ1) is 8.87. The number of halogens is 1. The molecule has 1 aromatic carbocycles. The highest BCUT2D eigenvalue weighted by Gasteiger charge is 2.31. The second-order valence-corrected chi connectivity index (χ2v) is 4.27. The van der Waals surface area contributed by atoms with Crippen molar-refractivity contribution in [2.75, 3.05) is 0 Å². The lowest BCUT2D eigenvalue weighted by molar-refractivity contribution is 0.236. The van der Waals surface area contributed by atoms with E-state index in [-0.39, 0.29) is 12.1 Å². The van der Waals surface area contributed by atoms with Gasteiger partial charge in [-0.05, 0) is 18.2 Å². The topological polar surface area (TPSA) is 65.5 Å². The number of hydrazine groups is 1. The highest BCUT2D eigenvalue weighted by Crippen LogP contribution is 2.35. The molecule has 1 fully saturated rings. The maximum Gasteiger partial charge on any atom is 0.334 e. The first-order valence-electron chi connectivity index (χ1n) is 4.44. The van der Waals surface area contributed by atoms with Gasteiger partial charge in [0.05, 0.1) is 5.69 Å². The molecule has 0 radical (unpaired) electrons. The molecule has 15 heavy (non-hydrogen) atoms. The predicted molar refractivity (Wildman–Crippen MR) is 58.8 cm³/mol. The van der Waals surface area contributed by atoms with Crippen molar-refractivity contribution < 1.29 is 4.79 Å². The number of nitrogens with one attached hydrogen (secondary N) is 3. The Hall–Kier alpha value is -1.40. The normalized spacial score (nSPS) is 22.3. The summed E-state index contributed by atoms with van der Waals surface area (Å²) in [7, 11) is 0. The second kappa shape index (κ2) is 3.04. The standard InChI is InChI=1S/C9H7BrN4O/c10-4-1-2-6-5(3-4)7-8(11-6)12-9(15)14-13-7/h1-3,7,13H,(H2,11,12,14,15). The average Bonchev–Trinajstić information content (AvgIpc) is 2.54. The average molecular weight is 267 g/mol. The zero-order valence-corrected chi connectivity index (χ0v) is 9.13. The van der Waals surface area contributed by atoms with Gasteiger partial charge in [-0.2, -0.15) is 0 Å². The van der Waals surface area contributed by atoms with Crippen LogP contribution < -0.4 is 16.2 Å². The van der Waals surface area contributed by atoms with Crippen LogP contribution in [0.1, 0.15) is 11.6 Å². The number of rotatable bonds is 0. The van der Waals surface area contributed by atoms with E-state index in [1.807, 2.05) is 18.2 Å². The quantitative estimate of drug-likeness (QED) is 0.664. The van der Waals surface area contributed by atoms with Gasteiger partial charge in [-0.3, -0.25) is 10.7 Å². The summed E-state index contributed by atoms with van der Waals surface area (Å²) >= 11 is 3.41. The van der Waals surface area contributed by atoms with Crippen LogP contribution in [0, 0.1) is 0 Å². The van der Waals surface area contributed by atoms with E-state index in [1.165, 1.54) is 0 Å². The molecule has 76 valence electrons. The van der Waals surface area contributed by atoms with Crippen molar-refractivity contribution in [3.63, 3.8) is 0 Å². The summed E-state index contributed by atoms with van der Waals surface area (Å²) < 4.78 is 0.997. The van der Waals surface area contributed by atoms with E-state index in [2.05, 4.69) is 37.1 Å². The molecular weight excluding hydrogens is 260 g/mol. The summed E-state index contributed by atoms with van der Waals surface area (Å²) in [5, 5.41) is 2.67. The van der Waals surface area contributed by atoms with Crippen LogP contribution in [0.15, 0.2) is 27.7 Å². The molecule has 2 amide bonds. The number of hydrogen-bond donors (Lipinski definition) is 3. The van der Waals surface area contributed by atoms with Gasteiger partial charge >= 0.3 is 6.03 Å². The van der Waals surface area contributed by atoms with Gasteiger partial charge in [-0.1, -0.05) is 15.9 Å². The summed E-state index contributed by atoms with van der Waals surface area (Å²) in [4.78, 5) is 15.4. The monoisotopic (exact) mass is 266 g/mol. The minimum Gasteiger partial charge on any atom is -0.293 e. The van der Waals surface area contributed by atoms with Gasteiger partial charge in [0.15, 0.2) is 0 Å². The number of fused-ring (bicyclic) bond motifs is 3. The largest absolute Gasteiger partial charge is 0.334 e. The summed E-state index contributed by atoms with van der Waals surface area (Å²) in [6, 6.07) is 5.48. The third-order valence-electron chi connectivity index (χ3n) is 2.39. The number of amides is 2. The van der Waals surface area contributed by atoms with E-state index >= 15 is 0 Å². The van der Waals surface area contributed by atoms with Crippen molar-refractivity contribution in [1.82, 2.24) is 16.2 Å². The van der Waals surface area contributed by atoms with Crippen molar-refractivity contribution in [3.05, 3.63) is 28.2 Å². The molecule has 0 saturated carbocycles. The predicted octanol–water partition coefficient (Wildman–Crippen LogP) is 1.35. The van der Waals surface area contributed by atoms with Gasteiger partial charge in [-0.15, -0.1) is 0 Å². The minimum absolute atomic E-state index is 0.0739. The first-order chi connectivity index (χ1) is 7.24. The molecule has 3 rings (SSSR count). The molecule has 3 N–H and O–H groups in total. The molecule has 5 nitrogen and oxygen atoms in total. The lowest BCUT2D eigenvalue weighted by atomic mass is 10.1. The number of urea groups is 1. The number of nitrogens with zero attached hydrogens (tertiary/aromatic N) is 1. The van der Waals surface area contributed by atoms with Crippen molar-refractivity contribution in [3.8, 4) is 0 Å². The third kappa shape index (κ3) is 1.33. The highest BCUT2D eigenvalue weighted by atomic mass is 79.9. The Kier molecular flexibility index (Phi) is 1.80. The van der Waals surface area contributed by atoms with Crippen LogP contribution in [0.5, 0.6) is 0 Å². The summed E-state index contributed by atoms with van der Waals surface area (Å²) in [6.45, 7) is 0. The van der Waals surface area contributed by atoms with Crippen molar-refractivity contribution in [2.45, 2.75) is 6.04 Å². The molecule has 2 heterocycles. The minimum atomic E-state index is -0.281. The second-order valence-electron chi connectivity index (χ2n) is 3.36. The number of amidine groups is 1. The number of carbonyl (C=O) groups excluding carboxylic acids is 1. The SMILES string of the molecule is O=C1NNC2C(=Nc3ccc(Br)cc32)N1. The number of benzene rings is 1. The van der Waals surface area contributed by atoms with E-state index in [0.717, 1.165) is 15.7 Å². The summed E-state index contributed by atoms with van der Waals surface area (Å²) in [5.74, 6) is 0.645. The van der Waals surface area contributed by atoms with E-state index in [0.29, 0.717) is 5.84 Å². The van der Waals surface area contributed by atoms with Crippen LogP contribution in [0.3, 0.4) is 0 Å². The Morgan fingerprint density at radius 1 is 1.40 bits per heavy atom.